The smallest absolute Gasteiger partial charge is 0.210 e. The van der Waals surface area contributed by atoms with E-state index in [0.29, 0.717) is 0 Å². The van der Waals surface area contributed by atoms with Gasteiger partial charge in [0, 0.05) is 10.4 Å². The van der Waals surface area contributed by atoms with Crippen LogP contribution >= 0.6 is 11.3 Å². The number of aryl methyl sites for hydroxylation is 4. The number of aromatic nitrogens is 1. The van der Waals surface area contributed by atoms with Gasteiger partial charge in [-0.2, -0.15) is 0 Å². The summed E-state index contributed by atoms with van der Waals surface area (Å²) >= 11 is 1.69. The van der Waals surface area contributed by atoms with E-state index in [1.165, 1.54) is 33.6 Å². The van der Waals surface area contributed by atoms with E-state index in [4.69, 9.17) is 9.40 Å². The standard InChI is InChI=1S/C19H18N2OS/c1-12-9-14-5-3-7-17-18(16(14)10-13(12)2)21-19(23-17)20-11-15-6-4-8-22-15/h4,6,8-11H,3,5,7H2,1-2H3/b20-11+. The highest BCUT2D eigenvalue weighted by Gasteiger charge is 2.19. The number of aliphatic imine (C=N–C) groups is 1. The lowest BCUT2D eigenvalue weighted by atomic mass is 9.97. The van der Waals surface area contributed by atoms with E-state index in [0.717, 1.165) is 29.4 Å². The lowest BCUT2D eigenvalue weighted by Crippen LogP contribution is -1.92. The second-order valence-electron chi connectivity index (χ2n) is 5.99. The fourth-order valence-electron chi connectivity index (χ4n) is 3.00. The monoisotopic (exact) mass is 322 g/mol. The van der Waals surface area contributed by atoms with Crippen molar-refractivity contribution in [1.82, 2.24) is 4.98 Å². The van der Waals surface area contributed by atoms with E-state index in [1.807, 2.05) is 12.1 Å². The van der Waals surface area contributed by atoms with Crippen LogP contribution in [0.5, 0.6) is 0 Å². The lowest BCUT2D eigenvalue weighted by Gasteiger charge is -2.09. The van der Waals surface area contributed by atoms with Crippen molar-refractivity contribution >= 4 is 22.7 Å². The van der Waals surface area contributed by atoms with Crippen LogP contribution in [0, 0.1) is 13.8 Å². The number of hydrogen-bond acceptors (Lipinski definition) is 4. The molecule has 1 aliphatic rings. The minimum absolute atomic E-state index is 0.752. The molecule has 0 unspecified atom stereocenters. The number of hydrogen-bond donors (Lipinski definition) is 0. The van der Waals surface area contributed by atoms with Crippen LogP contribution in [0.3, 0.4) is 0 Å². The van der Waals surface area contributed by atoms with Gasteiger partial charge in [-0.05, 0) is 68.0 Å². The Labute approximate surface area is 139 Å². The highest BCUT2D eigenvalue weighted by molar-refractivity contribution is 7.15. The zero-order valence-electron chi connectivity index (χ0n) is 13.3. The summed E-state index contributed by atoms with van der Waals surface area (Å²) in [5.41, 5.74) is 6.51. The molecule has 0 atom stereocenters. The van der Waals surface area contributed by atoms with E-state index >= 15 is 0 Å². The maximum atomic E-state index is 5.29. The van der Waals surface area contributed by atoms with Crippen molar-refractivity contribution in [3.8, 4) is 11.3 Å². The van der Waals surface area contributed by atoms with Crippen molar-refractivity contribution in [2.45, 2.75) is 33.1 Å². The predicted octanol–water partition coefficient (Wildman–Crippen LogP) is 5.26. The summed E-state index contributed by atoms with van der Waals surface area (Å²) in [6.07, 6.45) is 6.77. The van der Waals surface area contributed by atoms with Gasteiger partial charge in [0.15, 0.2) is 0 Å². The Kier molecular flexibility index (Phi) is 3.62. The number of fused-ring (bicyclic) bond motifs is 3. The molecule has 116 valence electrons. The average molecular weight is 322 g/mol. The van der Waals surface area contributed by atoms with Gasteiger partial charge in [0.05, 0.1) is 18.2 Å². The highest BCUT2D eigenvalue weighted by Crippen LogP contribution is 2.39. The fourth-order valence-corrected chi connectivity index (χ4v) is 3.96. The fraction of sp³-hybridized carbons (Fsp3) is 0.263. The first-order chi connectivity index (χ1) is 11.2. The van der Waals surface area contributed by atoms with Crippen LogP contribution in [0.4, 0.5) is 5.13 Å². The molecule has 1 aliphatic carbocycles. The molecule has 23 heavy (non-hydrogen) atoms. The Morgan fingerprint density at radius 3 is 2.91 bits per heavy atom. The maximum absolute atomic E-state index is 5.29. The summed E-state index contributed by atoms with van der Waals surface area (Å²) in [4.78, 5) is 10.6. The van der Waals surface area contributed by atoms with Crippen LogP contribution in [0.1, 0.15) is 33.7 Å². The molecular weight excluding hydrogens is 304 g/mol. The summed E-state index contributed by atoms with van der Waals surface area (Å²) in [5, 5.41) is 0.803. The van der Waals surface area contributed by atoms with Crippen LogP contribution < -0.4 is 0 Å². The largest absolute Gasteiger partial charge is 0.463 e. The van der Waals surface area contributed by atoms with Gasteiger partial charge in [-0.15, -0.1) is 0 Å². The van der Waals surface area contributed by atoms with Gasteiger partial charge in [-0.25, -0.2) is 9.98 Å². The minimum Gasteiger partial charge on any atom is -0.463 e. The molecule has 3 aromatic rings. The van der Waals surface area contributed by atoms with E-state index in [2.05, 4.69) is 31.0 Å². The van der Waals surface area contributed by atoms with Gasteiger partial charge < -0.3 is 4.42 Å². The number of benzene rings is 1. The van der Waals surface area contributed by atoms with Crippen molar-refractivity contribution in [3.05, 3.63) is 57.9 Å². The molecule has 3 nitrogen and oxygen atoms in total. The first-order valence-corrected chi connectivity index (χ1v) is 8.70. The molecule has 2 heterocycles. The van der Waals surface area contributed by atoms with Gasteiger partial charge in [0.25, 0.3) is 0 Å². The molecule has 0 fully saturated rings. The average Bonchev–Trinajstić information content (AvgIpc) is 3.15. The second kappa shape index (κ2) is 5.78. The first kappa shape index (κ1) is 14.4. The molecule has 4 heteroatoms. The summed E-state index contributed by atoms with van der Waals surface area (Å²) < 4.78 is 5.29. The topological polar surface area (TPSA) is 38.4 Å². The quantitative estimate of drug-likeness (QED) is 0.604. The van der Waals surface area contributed by atoms with E-state index in [-0.39, 0.29) is 0 Å². The summed E-state index contributed by atoms with van der Waals surface area (Å²) in [6.45, 7) is 4.35. The molecule has 0 bridgehead atoms. The number of rotatable bonds is 2. The van der Waals surface area contributed by atoms with Crippen molar-refractivity contribution in [1.29, 1.82) is 0 Å². The van der Waals surface area contributed by atoms with Gasteiger partial charge in [0.2, 0.25) is 5.13 Å². The Bertz CT molecular complexity index is 875. The molecule has 0 amide bonds. The van der Waals surface area contributed by atoms with Crippen LogP contribution in [-0.4, -0.2) is 11.2 Å². The normalized spacial score (nSPS) is 13.8. The SMILES string of the molecule is Cc1cc2c(cc1C)-c1nc(/N=C/c3ccco3)sc1CCC2. The molecule has 0 spiro atoms. The third-order valence-corrected chi connectivity index (χ3v) is 5.38. The summed E-state index contributed by atoms with van der Waals surface area (Å²) in [7, 11) is 0. The number of nitrogens with zero attached hydrogens (tertiary/aromatic N) is 2. The van der Waals surface area contributed by atoms with Crippen LogP contribution in [0.25, 0.3) is 11.3 Å². The van der Waals surface area contributed by atoms with Gasteiger partial charge in [-0.1, -0.05) is 17.4 Å². The van der Waals surface area contributed by atoms with Gasteiger partial charge in [-0.3, -0.25) is 0 Å². The van der Waals surface area contributed by atoms with Crippen molar-refractivity contribution in [3.63, 3.8) is 0 Å². The number of furan rings is 1. The zero-order chi connectivity index (χ0) is 15.8. The zero-order valence-corrected chi connectivity index (χ0v) is 14.1. The summed E-state index contributed by atoms with van der Waals surface area (Å²) in [6, 6.07) is 8.36. The van der Waals surface area contributed by atoms with Crippen LogP contribution in [0.15, 0.2) is 39.9 Å². The Hall–Kier alpha value is -2.20. The Morgan fingerprint density at radius 2 is 2.09 bits per heavy atom. The van der Waals surface area contributed by atoms with Gasteiger partial charge >= 0.3 is 0 Å². The molecule has 1 aromatic carbocycles. The predicted molar refractivity (Wildman–Crippen MR) is 95.0 cm³/mol. The van der Waals surface area contributed by atoms with Crippen molar-refractivity contribution in [2.75, 3.05) is 0 Å². The molecule has 0 saturated heterocycles. The molecule has 0 N–H and O–H groups in total. The third kappa shape index (κ3) is 2.75. The van der Waals surface area contributed by atoms with E-state index in [1.54, 1.807) is 23.8 Å². The molecule has 0 saturated carbocycles. The lowest BCUT2D eigenvalue weighted by molar-refractivity contribution is 0.560. The molecular formula is C19H18N2OS. The molecule has 2 aromatic heterocycles. The molecule has 0 radical (unpaired) electrons. The van der Waals surface area contributed by atoms with Crippen LogP contribution in [0.2, 0.25) is 0 Å². The van der Waals surface area contributed by atoms with Crippen LogP contribution in [-0.2, 0) is 12.8 Å². The number of thiazole rings is 1. The van der Waals surface area contributed by atoms with Crippen molar-refractivity contribution in [2.24, 2.45) is 4.99 Å². The summed E-state index contributed by atoms with van der Waals surface area (Å²) in [5.74, 6) is 0.752. The second-order valence-corrected chi connectivity index (χ2v) is 7.05. The minimum atomic E-state index is 0.752. The maximum Gasteiger partial charge on any atom is 0.210 e. The highest BCUT2D eigenvalue weighted by atomic mass is 32.1. The molecule has 0 aliphatic heterocycles. The first-order valence-electron chi connectivity index (χ1n) is 7.88. The van der Waals surface area contributed by atoms with E-state index in [9.17, 15) is 0 Å². The van der Waals surface area contributed by atoms with Crippen molar-refractivity contribution < 1.29 is 4.42 Å². The van der Waals surface area contributed by atoms with Gasteiger partial charge in [0.1, 0.15) is 5.76 Å². The van der Waals surface area contributed by atoms with E-state index < -0.39 is 0 Å². The Morgan fingerprint density at radius 1 is 1.22 bits per heavy atom. The Balaban J connectivity index is 1.76. The molecule has 4 rings (SSSR count). The third-order valence-electron chi connectivity index (χ3n) is 4.36.